The number of nitrogens with zero attached hydrogens (tertiary/aromatic N) is 2. The number of H-pyrrole nitrogens is 1. The van der Waals surface area contributed by atoms with Gasteiger partial charge >= 0.3 is 23.9 Å². The molecule has 3 aromatic carbocycles. The number of alkyl halides is 4. The summed E-state index contributed by atoms with van der Waals surface area (Å²) in [7, 11) is 0. The second-order valence-corrected chi connectivity index (χ2v) is 15.3. The minimum atomic E-state index is -5.45. The molecule has 0 saturated heterocycles. The van der Waals surface area contributed by atoms with E-state index in [-0.39, 0.29) is 41.7 Å². The van der Waals surface area contributed by atoms with E-state index in [1.165, 1.54) is 24.3 Å². The first-order valence-electron chi connectivity index (χ1n) is 18.6. The molecule has 0 radical (unpaired) electrons. The summed E-state index contributed by atoms with van der Waals surface area (Å²) in [6, 6.07) is 19.6. The first kappa shape index (κ1) is 43.0. The number of carboxylic acids is 1. The predicted molar refractivity (Wildman–Crippen MR) is 204 cm³/mol. The SMILES string of the molecule is CC(C)(C)OC(=O)NCC1CCC(C(=O)C[C@@H](Cc2ccc(-c3ccccc3C(N)=O)cc2)C(=O)Nc2ccc(-c3n[nH]c(C(F)(F)C(F)(F)C(=O)O)n3)cc2)CC1. The van der Waals surface area contributed by atoms with E-state index >= 15 is 0 Å². The lowest BCUT2D eigenvalue weighted by atomic mass is 9.77. The largest absolute Gasteiger partial charge is 0.477 e. The van der Waals surface area contributed by atoms with Crippen LogP contribution in [0.1, 0.15) is 74.6 Å². The van der Waals surface area contributed by atoms with Gasteiger partial charge in [0.05, 0.1) is 0 Å². The summed E-state index contributed by atoms with van der Waals surface area (Å²) in [4.78, 5) is 65.9. The molecule has 1 aliphatic rings. The van der Waals surface area contributed by atoms with Crippen molar-refractivity contribution >= 4 is 35.3 Å². The number of carboxylic acid groups (broad SMARTS) is 1. The van der Waals surface area contributed by atoms with E-state index in [0.717, 1.165) is 11.1 Å². The van der Waals surface area contributed by atoms with Crippen molar-refractivity contribution in [3.8, 4) is 22.5 Å². The van der Waals surface area contributed by atoms with Crippen LogP contribution in [0.3, 0.4) is 0 Å². The summed E-state index contributed by atoms with van der Waals surface area (Å²) in [6.07, 6.45) is 2.19. The summed E-state index contributed by atoms with van der Waals surface area (Å²) in [5, 5.41) is 19.4. The molecular weight excluding hydrogens is 764 g/mol. The van der Waals surface area contributed by atoms with Gasteiger partial charge in [-0.1, -0.05) is 42.5 Å². The summed E-state index contributed by atoms with van der Waals surface area (Å²) in [5.41, 5.74) is 7.76. The minimum Gasteiger partial charge on any atom is -0.477 e. The summed E-state index contributed by atoms with van der Waals surface area (Å²) >= 11 is 0. The molecule has 1 saturated carbocycles. The fourth-order valence-corrected chi connectivity index (χ4v) is 6.71. The highest BCUT2D eigenvalue weighted by Crippen LogP contribution is 2.42. The lowest BCUT2D eigenvalue weighted by Crippen LogP contribution is -2.45. The molecule has 0 bridgehead atoms. The van der Waals surface area contributed by atoms with E-state index < -0.39 is 58.9 Å². The lowest BCUT2D eigenvalue weighted by molar-refractivity contribution is -0.231. The Kier molecular flexibility index (Phi) is 13.0. The maximum Gasteiger partial charge on any atom is 0.411 e. The number of Topliss-reactive ketones (excluding diaryl/α,β-unsaturated/α-hetero) is 1. The first-order chi connectivity index (χ1) is 27.2. The molecule has 17 heteroatoms. The third-order valence-electron chi connectivity index (χ3n) is 9.85. The Labute approximate surface area is 331 Å². The summed E-state index contributed by atoms with van der Waals surface area (Å²) in [5.74, 6) is -17.8. The highest BCUT2D eigenvalue weighted by Gasteiger charge is 2.65. The minimum absolute atomic E-state index is 0.0726. The maximum absolute atomic E-state index is 14.3. The second-order valence-electron chi connectivity index (χ2n) is 15.3. The number of amides is 3. The molecule has 1 atom stereocenters. The number of hydrogen-bond acceptors (Lipinski definition) is 8. The molecule has 1 fully saturated rings. The first-order valence-corrected chi connectivity index (χ1v) is 18.6. The van der Waals surface area contributed by atoms with E-state index in [4.69, 9.17) is 15.6 Å². The predicted octanol–water partition coefficient (Wildman–Crippen LogP) is 7.14. The molecule has 6 N–H and O–H groups in total. The van der Waals surface area contributed by atoms with Crippen LogP contribution < -0.4 is 16.4 Å². The zero-order valence-electron chi connectivity index (χ0n) is 32.0. The number of aliphatic carboxylic acids is 1. The number of aromatic nitrogens is 3. The molecule has 0 spiro atoms. The molecule has 5 rings (SSSR count). The van der Waals surface area contributed by atoms with Crippen molar-refractivity contribution in [3.63, 3.8) is 0 Å². The van der Waals surface area contributed by atoms with E-state index in [9.17, 15) is 41.5 Å². The topological polar surface area (TPSA) is 206 Å². The number of ether oxygens (including phenoxy) is 1. The average Bonchev–Trinajstić information content (AvgIpc) is 3.68. The summed E-state index contributed by atoms with van der Waals surface area (Å²) in [6.45, 7) is 5.75. The number of halogens is 4. The van der Waals surface area contributed by atoms with Gasteiger partial charge in [-0.3, -0.25) is 19.5 Å². The van der Waals surface area contributed by atoms with Gasteiger partial charge in [0, 0.05) is 41.6 Å². The van der Waals surface area contributed by atoms with Gasteiger partial charge in [-0.25, -0.2) is 14.6 Å². The molecule has 4 aromatic rings. The number of alkyl carbamates (subject to hydrolysis) is 1. The van der Waals surface area contributed by atoms with E-state index in [0.29, 0.717) is 43.4 Å². The third-order valence-corrected chi connectivity index (χ3v) is 9.85. The molecule has 0 unspecified atom stereocenters. The second kappa shape index (κ2) is 17.6. The van der Waals surface area contributed by atoms with Crippen molar-refractivity contribution < 1.29 is 51.4 Å². The van der Waals surface area contributed by atoms with Crippen molar-refractivity contribution in [3.05, 3.63) is 89.7 Å². The number of carbonyl (C=O) groups excluding carboxylic acids is 4. The van der Waals surface area contributed by atoms with Gasteiger partial charge in [0.1, 0.15) is 11.4 Å². The quantitative estimate of drug-likeness (QED) is 0.0773. The molecular formula is C41H44F4N6O7. The van der Waals surface area contributed by atoms with Crippen LogP contribution >= 0.6 is 0 Å². The van der Waals surface area contributed by atoms with Gasteiger partial charge < -0.3 is 26.2 Å². The van der Waals surface area contributed by atoms with E-state index in [1.54, 1.807) is 74.4 Å². The van der Waals surface area contributed by atoms with Gasteiger partial charge in [-0.05, 0) is 106 Å². The van der Waals surface area contributed by atoms with Crippen LogP contribution in [0, 0.1) is 17.8 Å². The molecule has 1 heterocycles. The van der Waals surface area contributed by atoms with Gasteiger partial charge in [0.25, 0.3) is 0 Å². The number of carbonyl (C=O) groups is 5. The number of primary amides is 1. The number of ketones is 1. The van der Waals surface area contributed by atoms with E-state index in [2.05, 4.69) is 20.7 Å². The number of rotatable bonds is 15. The number of nitrogens with two attached hydrogens (primary N) is 1. The molecule has 3 amide bonds. The number of benzene rings is 3. The maximum atomic E-state index is 14.3. The van der Waals surface area contributed by atoms with Crippen molar-refractivity contribution in [2.75, 3.05) is 11.9 Å². The normalized spacial score (nSPS) is 16.5. The van der Waals surface area contributed by atoms with Crippen LogP contribution in [-0.2, 0) is 31.5 Å². The van der Waals surface area contributed by atoms with Gasteiger partial charge in [0.15, 0.2) is 5.82 Å². The Bertz CT molecular complexity index is 2130. The molecule has 13 nitrogen and oxygen atoms in total. The van der Waals surface area contributed by atoms with Gasteiger partial charge in [-0.2, -0.15) is 22.7 Å². The highest BCUT2D eigenvalue weighted by molar-refractivity contribution is 6.00. The molecule has 0 aliphatic heterocycles. The Morgan fingerprint density at radius 3 is 2.12 bits per heavy atom. The lowest BCUT2D eigenvalue weighted by Gasteiger charge is -2.29. The standard InChI is InChI=1S/C41H44F4N6O7/c1-39(2,3)58-38(57)47-22-24-10-14-26(15-11-24)32(52)21-28(20-23-8-12-25(13-9-23)30-6-4-5-7-31(30)33(46)53)35(54)48-29-18-16-27(17-19-29)34-49-36(51-50-34)40(42,43)41(44,45)37(55)56/h4-9,12-13,16-19,24,26,28H,10-11,14-15,20-22H2,1-3H3,(H2,46,53)(H,47,57)(H,48,54)(H,55,56)(H,49,50,51)/t24?,26?,28-/m1/s1. The Morgan fingerprint density at radius 1 is 0.897 bits per heavy atom. The fraction of sp³-hybridized carbons (Fsp3) is 0.390. The fourth-order valence-electron chi connectivity index (χ4n) is 6.71. The summed E-state index contributed by atoms with van der Waals surface area (Å²) < 4.78 is 61.2. The zero-order chi connectivity index (χ0) is 42.4. The molecule has 308 valence electrons. The highest BCUT2D eigenvalue weighted by atomic mass is 19.3. The van der Waals surface area contributed by atoms with Crippen LogP contribution in [0.25, 0.3) is 22.5 Å². The van der Waals surface area contributed by atoms with Crippen molar-refractivity contribution in [1.29, 1.82) is 0 Å². The molecule has 1 aliphatic carbocycles. The number of hydrogen-bond donors (Lipinski definition) is 5. The van der Waals surface area contributed by atoms with Crippen LogP contribution in [0.15, 0.2) is 72.8 Å². The Balaban J connectivity index is 1.29. The Hall–Kier alpha value is -6.13. The van der Waals surface area contributed by atoms with Gasteiger partial charge in [-0.15, -0.1) is 0 Å². The van der Waals surface area contributed by atoms with Crippen LogP contribution in [0.4, 0.5) is 28.0 Å². The number of nitrogens with one attached hydrogen (secondary N) is 3. The van der Waals surface area contributed by atoms with Crippen LogP contribution in [0.2, 0.25) is 0 Å². The zero-order valence-corrected chi connectivity index (χ0v) is 32.0. The molecule has 1 aromatic heterocycles. The van der Waals surface area contributed by atoms with Gasteiger partial charge in [0.2, 0.25) is 17.6 Å². The Morgan fingerprint density at radius 2 is 1.52 bits per heavy atom. The average molecular weight is 809 g/mol. The number of anilines is 1. The van der Waals surface area contributed by atoms with Crippen molar-refractivity contribution in [2.45, 2.75) is 76.7 Å². The van der Waals surface area contributed by atoms with Crippen molar-refractivity contribution in [2.24, 2.45) is 23.5 Å². The van der Waals surface area contributed by atoms with E-state index in [1.807, 2.05) is 0 Å². The number of aromatic amines is 1. The third kappa shape index (κ3) is 10.4. The van der Waals surface area contributed by atoms with Crippen LogP contribution in [0.5, 0.6) is 0 Å². The van der Waals surface area contributed by atoms with Crippen molar-refractivity contribution in [1.82, 2.24) is 20.5 Å². The smallest absolute Gasteiger partial charge is 0.411 e. The van der Waals surface area contributed by atoms with Crippen LogP contribution in [-0.4, -0.2) is 68.0 Å². The molecule has 58 heavy (non-hydrogen) atoms. The monoisotopic (exact) mass is 808 g/mol.